The van der Waals surface area contributed by atoms with Crippen molar-refractivity contribution in [1.82, 2.24) is 10.3 Å². The summed E-state index contributed by atoms with van der Waals surface area (Å²) in [5.74, 6) is -0.355. The van der Waals surface area contributed by atoms with Crippen LogP contribution in [0.5, 0.6) is 0 Å². The molecule has 0 radical (unpaired) electrons. The lowest BCUT2D eigenvalue weighted by Gasteiger charge is -2.11. The van der Waals surface area contributed by atoms with Crippen molar-refractivity contribution in [3.63, 3.8) is 0 Å². The number of rotatable bonds is 5. The van der Waals surface area contributed by atoms with Gasteiger partial charge in [-0.25, -0.2) is 4.39 Å². The number of hydrogen-bond acceptors (Lipinski definition) is 2. The molecule has 5 nitrogen and oxygen atoms in total. The Morgan fingerprint density at radius 3 is 2.50 bits per heavy atom. The molecule has 1 aromatic heterocycles. The number of thiocarbonyl (C=S) groups is 1. The molecule has 1 amide bonds. The van der Waals surface area contributed by atoms with Gasteiger partial charge < -0.3 is 20.9 Å². The van der Waals surface area contributed by atoms with Crippen LogP contribution in [0.25, 0.3) is 10.9 Å². The maximum atomic E-state index is 13.4. The summed E-state index contributed by atoms with van der Waals surface area (Å²) in [6.45, 7) is 2.09. The molecule has 4 N–H and O–H groups in total. The summed E-state index contributed by atoms with van der Waals surface area (Å²) in [4.78, 5) is 14.2. The number of carbonyl (C=O) groups is 1. The second-order valence-electron chi connectivity index (χ2n) is 5.89. The van der Waals surface area contributed by atoms with Crippen LogP contribution >= 0.6 is 12.2 Å². The molecular formula is C19H19FN4OS. The Bertz CT molecular complexity index is 936. The monoisotopic (exact) mass is 370 g/mol. The molecule has 2 aromatic carbocycles. The van der Waals surface area contributed by atoms with Gasteiger partial charge in [0, 0.05) is 41.9 Å². The van der Waals surface area contributed by atoms with E-state index in [1.807, 2.05) is 18.3 Å². The third-order valence-corrected chi connectivity index (χ3v) is 4.12. The van der Waals surface area contributed by atoms with E-state index >= 15 is 0 Å². The van der Waals surface area contributed by atoms with Crippen molar-refractivity contribution in [3.05, 3.63) is 60.0 Å². The summed E-state index contributed by atoms with van der Waals surface area (Å²) in [5, 5.41) is 10.3. The average molecular weight is 370 g/mol. The number of amides is 1. The number of hydrogen-bond donors (Lipinski definition) is 4. The molecule has 3 aromatic rings. The zero-order chi connectivity index (χ0) is 18.5. The third kappa shape index (κ3) is 4.58. The standard InChI is InChI=1S/C19H19FN4OS/c1-12(25)23-15-3-5-16(6-4-15)24-19(26)21-9-8-13-11-22-18-7-2-14(20)10-17(13)18/h2-7,10-11,22H,8-9H2,1H3,(H,23,25)(H2,21,24,26). The summed E-state index contributed by atoms with van der Waals surface area (Å²) < 4.78 is 13.4. The molecular weight excluding hydrogens is 351 g/mol. The molecule has 26 heavy (non-hydrogen) atoms. The van der Waals surface area contributed by atoms with Crippen molar-refractivity contribution in [2.75, 3.05) is 17.2 Å². The van der Waals surface area contributed by atoms with Gasteiger partial charge >= 0.3 is 0 Å². The van der Waals surface area contributed by atoms with Crippen molar-refractivity contribution in [1.29, 1.82) is 0 Å². The lowest BCUT2D eigenvalue weighted by Crippen LogP contribution is -2.30. The fourth-order valence-electron chi connectivity index (χ4n) is 2.68. The largest absolute Gasteiger partial charge is 0.362 e. The highest BCUT2D eigenvalue weighted by molar-refractivity contribution is 7.80. The first-order valence-electron chi connectivity index (χ1n) is 8.19. The SMILES string of the molecule is CC(=O)Nc1ccc(NC(=S)NCCc2c[nH]c3ccc(F)cc23)cc1. The van der Waals surface area contributed by atoms with E-state index in [9.17, 15) is 9.18 Å². The van der Waals surface area contributed by atoms with Gasteiger partial charge in [-0.2, -0.15) is 0 Å². The van der Waals surface area contributed by atoms with E-state index in [1.165, 1.54) is 19.1 Å². The Labute approximate surface area is 156 Å². The van der Waals surface area contributed by atoms with Crippen LogP contribution in [0.4, 0.5) is 15.8 Å². The van der Waals surface area contributed by atoms with Gasteiger partial charge in [-0.15, -0.1) is 0 Å². The zero-order valence-electron chi connectivity index (χ0n) is 14.2. The van der Waals surface area contributed by atoms with Crippen LogP contribution in [0.1, 0.15) is 12.5 Å². The van der Waals surface area contributed by atoms with Gasteiger partial charge in [0.1, 0.15) is 5.82 Å². The van der Waals surface area contributed by atoms with Crippen LogP contribution in [-0.2, 0) is 11.2 Å². The van der Waals surface area contributed by atoms with Crippen molar-refractivity contribution < 1.29 is 9.18 Å². The Hall–Kier alpha value is -2.93. The van der Waals surface area contributed by atoms with E-state index in [0.717, 1.165) is 27.8 Å². The lowest BCUT2D eigenvalue weighted by molar-refractivity contribution is -0.114. The van der Waals surface area contributed by atoms with Gasteiger partial charge in [-0.05, 0) is 66.7 Å². The number of benzene rings is 2. The number of halogens is 1. The number of aromatic amines is 1. The summed E-state index contributed by atoms with van der Waals surface area (Å²) >= 11 is 5.29. The van der Waals surface area contributed by atoms with E-state index < -0.39 is 0 Å². The van der Waals surface area contributed by atoms with Gasteiger partial charge in [-0.1, -0.05) is 0 Å². The van der Waals surface area contributed by atoms with Gasteiger partial charge in [0.2, 0.25) is 5.91 Å². The minimum Gasteiger partial charge on any atom is -0.362 e. The van der Waals surface area contributed by atoms with Gasteiger partial charge in [0.25, 0.3) is 0 Å². The molecule has 0 spiro atoms. The normalized spacial score (nSPS) is 10.5. The summed E-state index contributed by atoms with van der Waals surface area (Å²) in [6, 6.07) is 12.0. The summed E-state index contributed by atoms with van der Waals surface area (Å²) in [5.41, 5.74) is 3.51. The average Bonchev–Trinajstić information content (AvgIpc) is 2.98. The Balaban J connectivity index is 1.51. The maximum Gasteiger partial charge on any atom is 0.221 e. The minimum absolute atomic E-state index is 0.111. The van der Waals surface area contributed by atoms with Gasteiger partial charge in [-0.3, -0.25) is 4.79 Å². The Morgan fingerprint density at radius 1 is 1.12 bits per heavy atom. The van der Waals surface area contributed by atoms with E-state index in [2.05, 4.69) is 20.9 Å². The number of nitrogens with one attached hydrogen (secondary N) is 4. The quantitative estimate of drug-likeness (QED) is 0.516. The number of carbonyl (C=O) groups excluding carboxylic acids is 1. The highest BCUT2D eigenvalue weighted by atomic mass is 32.1. The molecule has 0 fully saturated rings. The van der Waals surface area contributed by atoms with E-state index in [-0.39, 0.29) is 11.7 Å². The van der Waals surface area contributed by atoms with Crippen LogP contribution in [0, 0.1) is 5.82 Å². The number of fused-ring (bicyclic) bond motifs is 1. The highest BCUT2D eigenvalue weighted by Gasteiger charge is 2.05. The fraction of sp³-hybridized carbons (Fsp3) is 0.158. The molecule has 0 aliphatic carbocycles. The maximum absolute atomic E-state index is 13.4. The molecule has 0 aliphatic rings. The zero-order valence-corrected chi connectivity index (χ0v) is 15.0. The van der Waals surface area contributed by atoms with Crippen molar-refractivity contribution in [2.45, 2.75) is 13.3 Å². The van der Waals surface area contributed by atoms with Crippen LogP contribution in [0.3, 0.4) is 0 Å². The van der Waals surface area contributed by atoms with Gasteiger partial charge in [0.15, 0.2) is 5.11 Å². The molecule has 1 heterocycles. The minimum atomic E-state index is -0.244. The number of H-pyrrole nitrogens is 1. The van der Waals surface area contributed by atoms with E-state index in [4.69, 9.17) is 12.2 Å². The van der Waals surface area contributed by atoms with Crippen LogP contribution in [0.15, 0.2) is 48.7 Å². The topological polar surface area (TPSA) is 69.0 Å². The second kappa shape index (κ2) is 7.97. The molecule has 0 atom stereocenters. The van der Waals surface area contributed by atoms with Crippen molar-refractivity contribution >= 4 is 45.5 Å². The molecule has 0 unspecified atom stereocenters. The fourth-order valence-corrected chi connectivity index (χ4v) is 2.90. The molecule has 134 valence electrons. The van der Waals surface area contributed by atoms with Crippen molar-refractivity contribution in [3.8, 4) is 0 Å². The first-order valence-corrected chi connectivity index (χ1v) is 8.60. The third-order valence-electron chi connectivity index (χ3n) is 3.87. The predicted molar refractivity (Wildman–Crippen MR) is 107 cm³/mol. The molecule has 0 bridgehead atoms. The Kier molecular flexibility index (Phi) is 5.48. The molecule has 7 heteroatoms. The van der Waals surface area contributed by atoms with E-state index in [1.54, 1.807) is 18.2 Å². The van der Waals surface area contributed by atoms with Crippen molar-refractivity contribution in [2.24, 2.45) is 0 Å². The molecule has 0 saturated carbocycles. The Morgan fingerprint density at radius 2 is 1.81 bits per heavy atom. The second-order valence-corrected chi connectivity index (χ2v) is 6.30. The van der Waals surface area contributed by atoms with Crippen LogP contribution in [0.2, 0.25) is 0 Å². The predicted octanol–water partition coefficient (Wildman–Crippen LogP) is 3.79. The number of anilines is 2. The van der Waals surface area contributed by atoms with Crippen LogP contribution in [-0.4, -0.2) is 22.5 Å². The summed E-state index contributed by atoms with van der Waals surface area (Å²) in [7, 11) is 0. The van der Waals surface area contributed by atoms with Gasteiger partial charge in [0.05, 0.1) is 0 Å². The molecule has 0 aliphatic heterocycles. The first kappa shape index (κ1) is 17.9. The highest BCUT2D eigenvalue weighted by Crippen LogP contribution is 2.19. The molecule has 3 rings (SSSR count). The van der Waals surface area contributed by atoms with Crippen LogP contribution < -0.4 is 16.0 Å². The first-order chi connectivity index (χ1) is 12.5. The molecule has 0 saturated heterocycles. The number of aromatic nitrogens is 1. The van der Waals surface area contributed by atoms with E-state index in [0.29, 0.717) is 18.1 Å². The smallest absolute Gasteiger partial charge is 0.221 e. The summed E-state index contributed by atoms with van der Waals surface area (Å²) in [6.07, 6.45) is 2.61. The lowest BCUT2D eigenvalue weighted by atomic mass is 10.1.